The summed E-state index contributed by atoms with van der Waals surface area (Å²) in [6, 6.07) is 11.5. The summed E-state index contributed by atoms with van der Waals surface area (Å²) in [6.45, 7) is 2.02. The van der Waals surface area contributed by atoms with E-state index in [1.807, 2.05) is 36.4 Å². The molecule has 1 aliphatic carbocycles. The number of aromatic nitrogens is 1. The van der Waals surface area contributed by atoms with Crippen LogP contribution in [0.5, 0.6) is 0 Å². The molecule has 0 radical (unpaired) electrons. The van der Waals surface area contributed by atoms with Gasteiger partial charge >= 0.3 is 0 Å². The third kappa shape index (κ3) is 1.12. The maximum Gasteiger partial charge on any atom is 0.196 e. The van der Waals surface area contributed by atoms with Crippen LogP contribution in [0.1, 0.15) is 15.9 Å². The molecule has 1 saturated heterocycles. The molecule has 0 amide bonds. The lowest BCUT2D eigenvalue weighted by molar-refractivity contribution is 0.104. The van der Waals surface area contributed by atoms with Gasteiger partial charge in [-0.25, -0.2) is 0 Å². The Labute approximate surface area is 114 Å². The van der Waals surface area contributed by atoms with Crippen LogP contribution in [0.4, 0.5) is 5.69 Å². The molecule has 2 aliphatic rings. The zero-order chi connectivity index (χ0) is 13.3. The molecule has 1 fully saturated rings. The van der Waals surface area contributed by atoms with Gasteiger partial charge in [0.2, 0.25) is 0 Å². The van der Waals surface area contributed by atoms with Crippen LogP contribution in [0.3, 0.4) is 0 Å². The van der Waals surface area contributed by atoms with Crippen molar-refractivity contribution in [3.05, 3.63) is 47.5 Å². The van der Waals surface area contributed by atoms with Crippen molar-refractivity contribution in [3.63, 3.8) is 0 Å². The number of hydrogen-bond acceptors (Lipinski definition) is 4. The number of nitrogens with zero attached hydrogens (tertiary/aromatic N) is 2. The molecule has 2 heterocycles. The van der Waals surface area contributed by atoms with E-state index in [0.29, 0.717) is 11.3 Å². The SMILES string of the molecule is O=C1c2ccccc2-c2onc3ccc(N4CC4)c1c23. The Morgan fingerprint density at radius 3 is 2.65 bits per heavy atom. The number of carbonyl (C=O) groups is 1. The predicted molar refractivity (Wildman–Crippen MR) is 75.1 cm³/mol. The summed E-state index contributed by atoms with van der Waals surface area (Å²) in [7, 11) is 0. The summed E-state index contributed by atoms with van der Waals surface area (Å²) >= 11 is 0. The fourth-order valence-corrected chi connectivity index (χ4v) is 3.01. The van der Waals surface area contributed by atoms with Gasteiger partial charge in [0.05, 0.1) is 10.9 Å². The van der Waals surface area contributed by atoms with Gasteiger partial charge in [-0.15, -0.1) is 0 Å². The first kappa shape index (κ1) is 10.2. The molecule has 4 heteroatoms. The minimum atomic E-state index is 0.0730. The molecule has 0 spiro atoms. The Balaban J connectivity index is 1.98. The van der Waals surface area contributed by atoms with E-state index in [2.05, 4.69) is 10.1 Å². The minimum absolute atomic E-state index is 0.0730. The average molecular weight is 262 g/mol. The fraction of sp³-hybridized carbons (Fsp3) is 0.125. The second kappa shape index (κ2) is 3.28. The van der Waals surface area contributed by atoms with Crippen LogP contribution in [0.25, 0.3) is 22.2 Å². The quantitative estimate of drug-likeness (QED) is 0.495. The van der Waals surface area contributed by atoms with Crippen molar-refractivity contribution in [2.24, 2.45) is 0 Å². The van der Waals surface area contributed by atoms with E-state index in [-0.39, 0.29) is 5.78 Å². The van der Waals surface area contributed by atoms with E-state index >= 15 is 0 Å². The number of fused-ring (bicyclic) bond motifs is 2. The van der Waals surface area contributed by atoms with Crippen molar-refractivity contribution >= 4 is 22.4 Å². The summed E-state index contributed by atoms with van der Waals surface area (Å²) in [6.07, 6.45) is 0. The second-order valence-electron chi connectivity index (χ2n) is 5.23. The van der Waals surface area contributed by atoms with Crippen LogP contribution in [-0.2, 0) is 0 Å². The molecule has 0 atom stereocenters. The van der Waals surface area contributed by atoms with Gasteiger partial charge in [-0.3, -0.25) is 4.79 Å². The van der Waals surface area contributed by atoms with Crippen molar-refractivity contribution in [1.29, 1.82) is 0 Å². The highest BCUT2D eigenvalue weighted by molar-refractivity contribution is 6.27. The van der Waals surface area contributed by atoms with E-state index in [0.717, 1.165) is 40.8 Å². The van der Waals surface area contributed by atoms with Crippen LogP contribution in [0, 0.1) is 0 Å². The highest BCUT2D eigenvalue weighted by atomic mass is 16.5. The summed E-state index contributed by atoms with van der Waals surface area (Å²) in [5.41, 5.74) is 4.04. The van der Waals surface area contributed by atoms with Gasteiger partial charge < -0.3 is 9.42 Å². The Morgan fingerprint density at radius 1 is 1.05 bits per heavy atom. The van der Waals surface area contributed by atoms with Crippen molar-refractivity contribution < 1.29 is 9.32 Å². The number of hydrogen-bond donors (Lipinski definition) is 0. The van der Waals surface area contributed by atoms with Gasteiger partial charge in [0.25, 0.3) is 0 Å². The molecule has 4 nitrogen and oxygen atoms in total. The molecule has 2 aromatic carbocycles. The fourth-order valence-electron chi connectivity index (χ4n) is 3.01. The van der Waals surface area contributed by atoms with Crippen LogP contribution < -0.4 is 4.90 Å². The van der Waals surface area contributed by atoms with Crippen molar-refractivity contribution in [2.45, 2.75) is 0 Å². The van der Waals surface area contributed by atoms with Crippen LogP contribution in [0.15, 0.2) is 40.9 Å². The Kier molecular flexibility index (Phi) is 1.67. The van der Waals surface area contributed by atoms with Gasteiger partial charge in [-0.2, -0.15) is 0 Å². The molecular formula is C16H10N2O2. The van der Waals surface area contributed by atoms with E-state index in [9.17, 15) is 4.79 Å². The second-order valence-corrected chi connectivity index (χ2v) is 5.23. The third-order valence-electron chi connectivity index (χ3n) is 4.05. The molecule has 5 rings (SSSR count). The largest absolute Gasteiger partial charge is 0.367 e. The summed E-state index contributed by atoms with van der Waals surface area (Å²) in [5, 5.41) is 4.96. The van der Waals surface area contributed by atoms with Crippen molar-refractivity contribution in [3.8, 4) is 11.3 Å². The first-order valence-corrected chi connectivity index (χ1v) is 6.66. The summed E-state index contributed by atoms with van der Waals surface area (Å²) < 4.78 is 5.51. The molecule has 20 heavy (non-hydrogen) atoms. The van der Waals surface area contributed by atoms with E-state index in [1.54, 1.807) is 0 Å². The lowest BCUT2D eigenvalue weighted by atomic mass is 9.87. The Bertz CT molecular complexity index is 891. The number of rotatable bonds is 1. The lowest BCUT2D eigenvalue weighted by Gasteiger charge is -2.17. The first-order valence-electron chi connectivity index (χ1n) is 6.66. The Morgan fingerprint density at radius 2 is 1.85 bits per heavy atom. The molecule has 1 aromatic heterocycles. The van der Waals surface area contributed by atoms with E-state index < -0.39 is 0 Å². The monoisotopic (exact) mass is 262 g/mol. The minimum Gasteiger partial charge on any atom is -0.367 e. The first-order chi connectivity index (χ1) is 9.84. The van der Waals surface area contributed by atoms with Crippen LogP contribution in [0.2, 0.25) is 0 Å². The van der Waals surface area contributed by atoms with Crippen LogP contribution in [-0.4, -0.2) is 24.0 Å². The molecule has 1 aliphatic heterocycles. The summed E-state index contributed by atoms with van der Waals surface area (Å²) in [5.74, 6) is 0.790. The normalized spacial score (nSPS) is 15.6. The van der Waals surface area contributed by atoms with Gasteiger partial charge in [-0.1, -0.05) is 29.4 Å². The van der Waals surface area contributed by atoms with Crippen LogP contribution >= 0.6 is 0 Å². The third-order valence-corrected chi connectivity index (χ3v) is 4.05. The molecule has 0 unspecified atom stereocenters. The number of anilines is 1. The van der Waals surface area contributed by atoms with E-state index in [4.69, 9.17) is 4.52 Å². The smallest absolute Gasteiger partial charge is 0.196 e. The molecule has 96 valence electrons. The number of carbonyl (C=O) groups excluding carboxylic acids is 1. The van der Waals surface area contributed by atoms with Gasteiger partial charge in [0.1, 0.15) is 5.52 Å². The molecule has 3 aromatic rings. The number of ketones is 1. The zero-order valence-electron chi connectivity index (χ0n) is 10.6. The van der Waals surface area contributed by atoms with Crippen molar-refractivity contribution in [2.75, 3.05) is 18.0 Å². The molecule has 0 saturated carbocycles. The molecule has 0 N–H and O–H groups in total. The topological polar surface area (TPSA) is 46.1 Å². The van der Waals surface area contributed by atoms with Gasteiger partial charge in [-0.05, 0) is 12.1 Å². The summed E-state index contributed by atoms with van der Waals surface area (Å²) in [4.78, 5) is 15.0. The standard InChI is InChI=1S/C16H10N2O2/c19-15-9-3-1-2-4-10(9)16-13-11(17-20-16)5-6-12(14(13)15)18-7-8-18/h1-6H,7-8H2. The zero-order valence-corrected chi connectivity index (χ0v) is 10.6. The molecular weight excluding hydrogens is 252 g/mol. The highest BCUT2D eigenvalue weighted by Crippen LogP contribution is 2.43. The maximum absolute atomic E-state index is 12.8. The average Bonchev–Trinajstić information content (AvgIpc) is 3.24. The predicted octanol–water partition coefficient (Wildman–Crippen LogP) is 2.86. The van der Waals surface area contributed by atoms with Gasteiger partial charge in [0, 0.05) is 29.9 Å². The maximum atomic E-state index is 12.8. The van der Waals surface area contributed by atoms with E-state index in [1.165, 1.54) is 0 Å². The Hall–Kier alpha value is -2.62. The highest BCUT2D eigenvalue weighted by Gasteiger charge is 2.34. The van der Waals surface area contributed by atoms with Crippen molar-refractivity contribution in [1.82, 2.24) is 5.16 Å². The molecule has 0 bridgehead atoms. The number of benzene rings is 2. The van der Waals surface area contributed by atoms with Gasteiger partial charge in [0.15, 0.2) is 11.5 Å². The lowest BCUT2D eigenvalue weighted by Crippen LogP contribution is -2.11.